The van der Waals surface area contributed by atoms with E-state index in [0.29, 0.717) is 28.9 Å². The van der Waals surface area contributed by atoms with Crippen LogP contribution in [0.5, 0.6) is 0 Å². The lowest BCUT2D eigenvalue weighted by Gasteiger charge is -2.10. The monoisotopic (exact) mass is 326 g/mol. The molecule has 2 aromatic heterocycles. The highest BCUT2D eigenvalue weighted by atomic mass is 16.5. The summed E-state index contributed by atoms with van der Waals surface area (Å²) >= 11 is 0. The van der Waals surface area contributed by atoms with Crippen LogP contribution >= 0.6 is 0 Å². The van der Waals surface area contributed by atoms with E-state index in [1.165, 1.54) is 6.20 Å². The first-order valence-corrected chi connectivity index (χ1v) is 7.80. The van der Waals surface area contributed by atoms with Crippen LogP contribution in [0.4, 0.5) is 0 Å². The molecule has 0 spiro atoms. The lowest BCUT2D eigenvalue weighted by Crippen LogP contribution is -2.09. The van der Waals surface area contributed by atoms with Crippen LogP contribution in [0.15, 0.2) is 43.3 Å². The molecule has 0 amide bonds. The molecule has 24 heavy (non-hydrogen) atoms. The zero-order valence-corrected chi connectivity index (χ0v) is 14.2. The predicted octanol–water partition coefficient (Wildman–Crippen LogP) is 3.23. The van der Waals surface area contributed by atoms with Gasteiger partial charge in [-0.05, 0) is 39.1 Å². The fourth-order valence-corrected chi connectivity index (χ4v) is 2.38. The van der Waals surface area contributed by atoms with Crippen molar-refractivity contribution in [2.75, 3.05) is 6.61 Å². The van der Waals surface area contributed by atoms with Crippen LogP contribution in [0, 0.1) is 0 Å². The molecule has 0 bridgehead atoms. The molecule has 0 aliphatic heterocycles. The summed E-state index contributed by atoms with van der Waals surface area (Å²) in [5.74, 6) is -0.399. The Morgan fingerprint density at radius 2 is 2.25 bits per heavy atom. The fourth-order valence-electron chi connectivity index (χ4n) is 2.38. The number of pyridine rings is 1. The number of hydrogen-bond donors (Lipinski definition) is 1. The molecule has 0 saturated carbocycles. The molecule has 6 nitrogen and oxygen atoms in total. The molecular weight excluding hydrogens is 304 g/mol. The molecule has 0 aliphatic carbocycles. The maximum atomic E-state index is 12.4. The summed E-state index contributed by atoms with van der Waals surface area (Å²) in [6, 6.07) is 1.80. The van der Waals surface area contributed by atoms with E-state index >= 15 is 0 Å². The zero-order valence-electron chi connectivity index (χ0n) is 14.2. The standard InChI is InChI=1S/C18H22N4O2/c1-5-7-13(8-9-19)16-10-14(18(23)24-6-2)15-11-20-22(12(3)4)17(15)21-16/h5,7-12H,1,6,19H2,2-4H3/b9-8-,13-7+. The Kier molecular flexibility index (Phi) is 5.52. The number of hydrogen-bond acceptors (Lipinski definition) is 5. The second-order valence-electron chi connectivity index (χ2n) is 5.41. The maximum Gasteiger partial charge on any atom is 0.339 e. The minimum Gasteiger partial charge on any atom is -0.462 e. The van der Waals surface area contributed by atoms with E-state index < -0.39 is 5.97 Å². The van der Waals surface area contributed by atoms with Gasteiger partial charge in [-0.2, -0.15) is 5.10 Å². The van der Waals surface area contributed by atoms with Gasteiger partial charge in [0.25, 0.3) is 0 Å². The summed E-state index contributed by atoms with van der Waals surface area (Å²) in [6.07, 6.45) is 8.20. The Morgan fingerprint density at radius 3 is 2.83 bits per heavy atom. The molecule has 0 unspecified atom stereocenters. The first-order chi connectivity index (χ1) is 11.5. The van der Waals surface area contributed by atoms with Gasteiger partial charge >= 0.3 is 5.97 Å². The first-order valence-electron chi connectivity index (χ1n) is 7.80. The van der Waals surface area contributed by atoms with Gasteiger partial charge in [0, 0.05) is 11.6 Å². The minimum atomic E-state index is -0.399. The van der Waals surface area contributed by atoms with Crippen molar-refractivity contribution in [3.63, 3.8) is 0 Å². The molecule has 6 heteroatoms. The number of aromatic nitrogens is 3. The van der Waals surface area contributed by atoms with E-state index in [1.54, 1.807) is 42.1 Å². The Bertz CT molecular complexity index is 816. The second kappa shape index (κ2) is 7.59. The summed E-state index contributed by atoms with van der Waals surface area (Å²) in [4.78, 5) is 17.0. The Morgan fingerprint density at radius 1 is 1.50 bits per heavy atom. The number of fused-ring (bicyclic) bond motifs is 1. The lowest BCUT2D eigenvalue weighted by molar-refractivity contribution is 0.0528. The van der Waals surface area contributed by atoms with Gasteiger partial charge in [0.2, 0.25) is 0 Å². The highest BCUT2D eigenvalue weighted by Crippen LogP contribution is 2.25. The van der Waals surface area contributed by atoms with Crippen LogP contribution in [0.1, 0.15) is 42.9 Å². The highest BCUT2D eigenvalue weighted by molar-refractivity contribution is 6.03. The molecule has 0 aromatic carbocycles. The predicted molar refractivity (Wildman–Crippen MR) is 95.4 cm³/mol. The van der Waals surface area contributed by atoms with Crippen LogP contribution < -0.4 is 5.73 Å². The van der Waals surface area contributed by atoms with Gasteiger partial charge in [0.15, 0.2) is 5.65 Å². The summed E-state index contributed by atoms with van der Waals surface area (Å²) in [7, 11) is 0. The molecule has 2 N–H and O–H groups in total. The third kappa shape index (κ3) is 3.37. The second-order valence-corrected chi connectivity index (χ2v) is 5.41. The third-order valence-electron chi connectivity index (χ3n) is 3.42. The first kappa shape index (κ1) is 17.5. The molecule has 2 heterocycles. The molecule has 0 saturated heterocycles. The van der Waals surface area contributed by atoms with Gasteiger partial charge in [-0.15, -0.1) is 0 Å². The number of ether oxygens (including phenoxy) is 1. The molecule has 0 aliphatic rings. The largest absolute Gasteiger partial charge is 0.462 e. The van der Waals surface area contributed by atoms with E-state index in [1.807, 2.05) is 13.8 Å². The van der Waals surface area contributed by atoms with Gasteiger partial charge in [0.05, 0.1) is 29.4 Å². The molecule has 2 rings (SSSR count). The van der Waals surface area contributed by atoms with E-state index in [4.69, 9.17) is 10.5 Å². The summed E-state index contributed by atoms with van der Waals surface area (Å²) in [6.45, 7) is 9.79. The van der Waals surface area contributed by atoms with E-state index in [2.05, 4.69) is 16.7 Å². The number of nitrogens with zero attached hydrogens (tertiary/aromatic N) is 3. The third-order valence-corrected chi connectivity index (χ3v) is 3.42. The van der Waals surface area contributed by atoms with Crippen LogP contribution in [-0.4, -0.2) is 27.3 Å². The van der Waals surface area contributed by atoms with Crippen molar-refractivity contribution >= 4 is 22.6 Å². The number of esters is 1. The average Bonchev–Trinajstić information content (AvgIpc) is 2.98. The molecule has 126 valence electrons. The van der Waals surface area contributed by atoms with Gasteiger partial charge in [-0.3, -0.25) is 0 Å². The van der Waals surface area contributed by atoms with Crippen molar-refractivity contribution in [2.45, 2.75) is 26.8 Å². The van der Waals surface area contributed by atoms with Crippen molar-refractivity contribution in [1.29, 1.82) is 0 Å². The zero-order chi connectivity index (χ0) is 17.7. The van der Waals surface area contributed by atoms with Crippen molar-refractivity contribution in [3.05, 3.63) is 54.5 Å². The van der Waals surface area contributed by atoms with E-state index in [-0.39, 0.29) is 6.04 Å². The number of allylic oxidation sites excluding steroid dienone is 4. The minimum absolute atomic E-state index is 0.109. The Hall–Kier alpha value is -2.89. The van der Waals surface area contributed by atoms with Gasteiger partial charge in [-0.25, -0.2) is 14.5 Å². The van der Waals surface area contributed by atoms with Crippen LogP contribution in [0.25, 0.3) is 16.6 Å². The van der Waals surface area contributed by atoms with Gasteiger partial charge in [-0.1, -0.05) is 18.7 Å². The quantitative estimate of drug-likeness (QED) is 0.651. The SMILES string of the molecule is C=C/C=C(\C=C/N)c1cc(C(=O)OCC)c2cnn(C(C)C)c2n1. The fraction of sp³-hybridized carbons (Fsp3) is 0.278. The highest BCUT2D eigenvalue weighted by Gasteiger charge is 2.19. The van der Waals surface area contributed by atoms with Crippen LogP contribution in [0.3, 0.4) is 0 Å². The smallest absolute Gasteiger partial charge is 0.339 e. The van der Waals surface area contributed by atoms with Crippen LogP contribution in [-0.2, 0) is 4.74 Å². The van der Waals surface area contributed by atoms with Crippen molar-refractivity contribution in [3.8, 4) is 0 Å². The normalized spacial score (nSPS) is 12.2. The lowest BCUT2D eigenvalue weighted by atomic mass is 10.1. The van der Waals surface area contributed by atoms with Gasteiger partial charge in [0.1, 0.15) is 0 Å². The Labute approximate surface area is 141 Å². The number of rotatable bonds is 6. The molecule has 2 aromatic rings. The molecular formula is C18H22N4O2. The molecule has 0 radical (unpaired) electrons. The van der Waals surface area contributed by atoms with E-state index in [0.717, 1.165) is 5.57 Å². The number of carbonyl (C=O) groups excluding carboxylic acids is 1. The maximum absolute atomic E-state index is 12.4. The molecule has 0 fully saturated rings. The van der Waals surface area contributed by atoms with Crippen LogP contribution in [0.2, 0.25) is 0 Å². The number of carbonyl (C=O) groups is 1. The van der Waals surface area contributed by atoms with Crippen molar-refractivity contribution < 1.29 is 9.53 Å². The van der Waals surface area contributed by atoms with E-state index in [9.17, 15) is 4.79 Å². The van der Waals surface area contributed by atoms with Gasteiger partial charge < -0.3 is 10.5 Å². The summed E-state index contributed by atoms with van der Waals surface area (Å²) in [5.41, 5.74) is 7.94. The topological polar surface area (TPSA) is 83.0 Å². The number of nitrogens with two attached hydrogens (primary N) is 1. The summed E-state index contributed by atoms with van der Waals surface area (Å²) in [5, 5.41) is 5.02. The van der Waals surface area contributed by atoms with Crippen molar-refractivity contribution in [1.82, 2.24) is 14.8 Å². The molecule has 0 atom stereocenters. The average molecular weight is 326 g/mol. The Balaban J connectivity index is 2.77. The van der Waals surface area contributed by atoms with Crippen molar-refractivity contribution in [2.24, 2.45) is 5.73 Å². The summed E-state index contributed by atoms with van der Waals surface area (Å²) < 4.78 is 6.95.